The number of hydrogen-bond acceptors (Lipinski definition) is 4. The van der Waals surface area contributed by atoms with Crippen molar-refractivity contribution in [3.63, 3.8) is 0 Å². The number of carbonyl (C=O) groups is 1. The van der Waals surface area contributed by atoms with Crippen molar-refractivity contribution < 1.29 is 25.2 Å². The SMILES string of the molecule is CCCCCCCCC(O)C=CC(O)C(O)CCCCC(=O)O. The molecule has 0 aromatic rings. The van der Waals surface area contributed by atoms with Gasteiger partial charge < -0.3 is 20.4 Å². The number of carboxylic acids is 1. The summed E-state index contributed by atoms with van der Waals surface area (Å²) in [5, 5.41) is 37.9. The molecule has 0 aromatic carbocycles. The van der Waals surface area contributed by atoms with Crippen LogP contribution in [0.15, 0.2) is 12.2 Å². The van der Waals surface area contributed by atoms with E-state index in [9.17, 15) is 20.1 Å². The Kier molecular flexibility index (Phi) is 14.1. The van der Waals surface area contributed by atoms with Gasteiger partial charge in [-0.3, -0.25) is 4.79 Å². The molecule has 136 valence electrons. The van der Waals surface area contributed by atoms with Crippen molar-refractivity contribution in [2.75, 3.05) is 0 Å². The normalized spacial score (nSPS) is 15.7. The van der Waals surface area contributed by atoms with Crippen molar-refractivity contribution in [2.24, 2.45) is 0 Å². The van der Waals surface area contributed by atoms with Crippen LogP contribution in [-0.4, -0.2) is 44.7 Å². The summed E-state index contributed by atoms with van der Waals surface area (Å²) in [6, 6.07) is 0. The van der Waals surface area contributed by atoms with Gasteiger partial charge in [0.15, 0.2) is 0 Å². The summed E-state index contributed by atoms with van der Waals surface area (Å²) < 4.78 is 0. The van der Waals surface area contributed by atoms with Crippen LogP contribution >= 0.6 is 0 Å². The average Bonchev–Trinajstić information content (AvgIpc) is 2.52. The zero-order valence-corrected chi connectivity index (χ0v) is 14.4. The summed E-state index contributed by atoms with van der Waals surface area (Å²) in [6.07, 6.45) is 9.60. The molecular formula is C18H34O5. The Balaban J connectivity index is 3.74. The molecule has 0 radical (unpaired) electrons. The Hall–Kier alpha value is -0.910. The van der Waals surface area contributed by atoms with E-state index in [4.69, 9.17) is 5.11 Å². The molecule has 0 aromatic heterocycles. The summed E-state index contributed by atoms with van der Waals surface area (Å²) >= 11 is 0. The lowest BCUT2D eigenvalue weighted by Crippen LogP contribution is -2.24. The molecule has 0 saturated carbocycles. The van der Waals surface area contributed by atoms with Gasteiger partial charge in [-0.15, -0.1) is 0 Å². The molecule has 0 aliphatic rings. The highest BCUT2D eigenvalue weighted by Crippen LogP contribution is 2.11. The quantitative estimate of drug-likeness (QED) is 0.273. The van der Waals surface area contributed by atoms with Gasteiger partial charge in [-0.25, -0.2) is 0 Å². The van der Waals surface area contributed by atoms with Crippen LogP contribution < -0.4 is 0 Å². The lowest BCUT2D eigenvalue weighted by atomic mass is 10.0. The summed E-state index contributed by atoms with van der Waals surface area (Å²) in [4.78, 5) is 10.4. The van der Waals surface area contributed by atoms with Crippen LogP contribution in [0.5, 0.6) is 0 Å². The fraction of sp³-hybridized carbons (Fsp3) is 0.833. The molecule has 0 fully saturated rings. The van der Waals surface area contributed by atoms with Crippen LogP contribution in [0, 0.1) is 0 Å². The van der Waals surface area contributed by atoms with Gasteiger partial charge in [0.2, 0.25) is 0 Å². The van der Waals surface area contributed by atoms with E-state index in [0.29, 0.717) is 25.7 Å². The van der Waals surface area contributed by atoms with Gasteiger partial charge in [0.25, 0.3) is 0 Å². The molecule has 0 heterocycles. The van der Waals surface area contributed by atoms with Crippen molar-refractivity contribution in [1.29, 1.82) is 0 Å². The van der Waals surface area contributed by atoms with Crippen LogP contribution in [0.25, 0.3) is 0 Å². The number of aliphatic carboxylic acids is 1. The molecule has 0 rings (SSSR count). The van der Waals surface area contributed by atoms with Gasteiger partial charge in [0.05, 0.1) is 18.3 Å². The average molecular weight is 330 g/mol. The predicted octanol–water partition coefficient (Wildman–Crippen LogP) is 3.02. The van der Waals surface area contributed by atoms with Crippen molar-refractivity contribution in [3.05, 3.63) is 12.2 Å². The van der Waals surface area contributed by atoms with E-state index in [1.807, 2.05) is 0 Å². The van der Waals surface area contributed by atoms with Crippen LogP contribution in [0.4, 0.5) is 0 Å². The molecule has 5 heteroatoms. The van der Waals surface area contributed by atoms with Gasteiger partial charge in [0, 0.05) is 6.42 Å². The Morgan fingerprint density at radius 2 is 1.48 bits per heavy atom. The first-order chi connectivity index (χ1) is 11.0. The second-order valence-corrected chi connectivity index (χ2v) is 6.21. The minimum absolute atomic E-state index is 0.0790. The van der Waals surface area contributed by atoms with Gasteiger partial charge in [-0.05, 0) is 19.3 Å². The Morgan fingerprint density at radius 3 is 2.13 bits per heavy atom. The largest absolute Gasteiger partial charge is 0.481 e. The van der Waals surface area contributed by atoms with E-state index < -0.39 is 24.3 Å². The van der Waals surface area contributed by atoms with E-state index >= 15 is 0 Å². The number of carboxylic acid groups (broad SMARTS) is 1. The molecule has 3 atom stereocenters. The molecule has 0 aliphatic heterocycles. The number of aliphatic hydroxyl groups is 3. The minimum Gasteiger partial charge on any atom is -0.481 e. The lowest BCUT2D eigenvalue weighted by molar-refractivity contribution is -0.137. The van der Waals surface area contributed by atoms with E-state index in [-0.39, 0.29) is 6.42 Å². The maximum absolute atomic E-state index is 10.4. The Bertz CT molecular complexity index is 317. The van der Waals surface area contributed by atoms with E-state index in [1.165, 1.54) is 37.8 Å². The second kappa shape index (κ2) is 14.7. The summed E-state index contributed by atoms with van der Waals surface area (Å²) in [5.74, 6) is -0.849. The van der Waals surface area contributed by atoms with Gasteiger partial charge in [-0.2, -0.15) is 0 Å². The molecule has 0 aliphatic carbocycles. The van der Waals surface area contributed by atoms with Crippen molar-refractivity contribution in [1.82, 2.24) is 0 Å². The van der Waals surface area contributed by atoms with E-state index in [0.717, 1.165) is 12.8 Å². The van der Waals surface area contributed by atoms with Crippen LogP contribution in [0.1, 0.15) is 77.6 Å². The smallest absolute Gasteiger partial charge is 0.303 e. The highest BCUT2D eigenvalue weighted by Gasteiger charge is 2.13. The number of unbranched alkanes of at least 4 members (excludes halogenated alkanes) is 6. The first-order valence-corrected chi connectivity index (χ1v) is 8.91. The standard InChI is InChI=1S/C18H34O5/c1-2-3-4-5-6-7-10-15(19)13-14-17(21)16(20)11-8-9-12-18(22)23/h13-17,19-21H,2-12H2,1H3,(H,22,23). The first kappa shape index (κ1) is 22.1. The molecule has 0 spiro atoms. The maximum atomic E-state index is 10.4. The fourth-order valence-corrected chi connectivity index (χ4v) is 2.40. The van der Waals surface area contributed by atoms with Crippen LogP contribution in [0.2, 0.25) is 0 Å². The van der Waals surface area contributed by atoms with E-state index in [2.05, 4.69) is 6.92 Å². The second-order valence-electron chi connectivity index (χ2n) is 6.21. The number of hydrogen-bond donors (Lipinski definition) is 4. The molecule has 3 unspecified atom stereocenters. The highest BCUT2D eigenvalue weighted by atomic mass is 16.4. The predicted molar refractivity (Wildman–Crippen MR) is 91.3 cm³/mol. The molecule has 23 heavy (non-hydrogen) atoms. The van der Waals surface area contributed by atoms with Crippen LogP contribution in [-0.2, 0) is 4.79 Å². The topological polar surface area (TPSA) is 98.0 Å². The van der Waals surface area contributed by atoms with Crippen molar-refractivity contribution in [3.8, 4) is 0 Å². The Morgan fingerprint density at radius 1 is 0.870 bits per heavy atom. The number of rotatable bonds is 15. The van der Waals surface area contributed by atoms with Crippen molar-refractivity contribution >= 4 is 5.97 Å². The first-order valence-electron chi connectivity index (χ1n) is 8.91. The molecule has 0 amide bonds. The zero-order valence-electron chi connectivity index (χ0n) is 14.4. The minimum atomic E-state index is -1.01. The maximum Gasteiger partial charge on any atom is 0.303 e. The van der Waals surface area contributed by atoms with Crippen LogP contribution in [0.3, 0.4) is 0 Å². The van der Waals surface area contributed by atoms with Crippen molar-refractivity contribution in [2.45, 2.75) is 95.9 Å². The molecule has 0 bridgehead atoms. The molecule has 5 nitrogen and oxygen atoms in total. The third-order valence-electron chi connectivity index (χ3n) is 3.92. The van der Waals surface area contributed by atoms with Gasteiger partial charge in [-0.1, -0.05) is 64.0 Å². The van der Waals surface area contributed by atoms with Gasteiger partial charge >= 0.3 is 5.97 Å². The molecular weight excluding hydrogens is 296 g/mol. The third-order valence-corrected chi connectivity index (χ3v) is 3.92. The monoisotopic (exact) mass is 330 g/mol. The van der Waals surface area contributed by atoms with Gasteiger partial charge in [0.1, 0.15) is 0 Å². The fourth-order valence-electron chi connectivity index (χ4n) is 2.40. The summed E-state index contributed by atoms with van der Waals surface area (Å²) in [7, 11) is 0. The zero-order chi connectivity index (χ0) is 17.5. The highest BCUT2D eigenvalue weighted by molar-refractivity contribution is 5.66. The Labute approximate surface area is 140 Å². The lowest BCUT2D eigenvalue weighted by Gasteiger charge is -2.14. The summed E-state index contributed by atoms with van der Waals surface area (Å²) in [6.45, 7) is 2.18. The summed E-state index contributed by atoms with van der Waals surface area (Å²) in [5.41, 5.74) is 0. The van der Waals surface area contributed by atoms with E-state index in [1.54, 1.807) is 0 Å². The molecule has 4 N–H and O–H groups in total. The molecule has 0 saturated heterocycles. The number of aliphatic hydroxyl groups excluding tert-OH is 3. The third kappa shape index (κ3) is 14.4.